The van der Waals surface area contributed by atoms with Crippen LogP contribution in [-0.2, 0) is 4.79 Å². The number of hydrogen-bond acceptors (Lipinski definition) is 4. The predicted molar refractivity (Wildman–Crippen MR) is 119 cm³/mol. The smallest absolute Gasteiger partial charge is 0.255 e. The van der Waals surface area contributed by atoms with Crippen molar-refractivity contribution in [1.82, 2.24) is 4.90 Å². The van der Waals surface area contributed by atoms with Crippen molar-refractivity contribution in [2.75, 3.05) is 26.1 Å². The van der Waals surface area contributed by atoms with Crippen molar-refractivity contribution in [1.29, 1.82) is 0 Å². The molecule has 158 valence electrons. The number of benzene rings is 3. The van der Waals surface area contributed by atoms with E-state index in [0.717, 1.165) is 11.1 Å². The summed E-state index contributed by atoms with van der Waals surface area (Å²) in [5.74, 6) is 0.364. The summed E-state index contributed by atoms with van der Waals surface area (Å²) in [4.78, 5) is 28.0. The zero-order chi connectivity index (χ0) is 22.0. The number of halogens is 1. The van der Waals surface area contributed by atoms with Crippen molar-refractivity contribution in [3.8, 4) is 11.5 Å². The van der Waals surface area contributed by atoms with Gasteiger partial charge in [0.25, 0.3) is 5.91 Å². The van der Waals surface area contributed by atoms with Crippen molar-refractivity contribution < 1.29 is 19.1 Å². The molecule has 0 aromatic heterocycles. The zero-order valence-electron chi connectivity index (χ0n) is 17.1. The van der Waals surface area contributed by atoms with Gasteiger partial charge in [0.2, 0.25) is 5.91 Å². The van der Waals surface area contributed by atoms with Crippen molar-refractivity contribution in [3.63, 3.8) is 0 Å². The first-order valence-corrected chi connectivity index (χ1v) is 10.1. The van der Waals surface area contributed by atoms with Crippen LogP contribution in [0.1, 0.15) is 27.5 Å². The number of hydrogen-bond donors (Lipinski definition) is 1. The molecule has 1 N–H and O–H groups in total. The molecular formula is C24H21ClN2O4. The quantitative estimate of drug-likeness (QED) is 0.652. The molecule has 0 bridgehead atoms. The number of ether oxygens (including phenoxy) is 2. The zero-order valence-corrected chi connectivity index (χ0v) is 17.8. The molecule has 1 atom stereocenters. The van der Waals surface area contributed by atoms with Gasteiger partial charge in [-0.25, -0.2) is 0 Å². The van der Waals surface area contributed by atoms with Gasteiger partial charge in [-0.2, -0.15) is 0 Å². The van der Waals surface area contributed by atoms with Crippen LogP contribution in [0.2, 0.25) is 5.02 Å². The van der Waals surface area contributed by atoms with Crippen LogP contribution in [0.3, 0.4) is 0 Å². The van der Waals surface area contributed by atoms with Crippen molar-refractivity contribution in [2.45, 2.75) is 6.04 Å². The fraction of sp³-hybridized carbons (Fsp3) is 0.167. The summed E-state index contributed by atoms with van der Waals surface area (Å²) in [7, 11) is 3.04. The number of carbonyl (C=O) groups is 2. The maximum Gasteiger partial charge on any atom is 0.255 e. The highest BCUT2D eigenvalue weighted by atomic mass is 35.5. The average molecular weight is 437 g/mol. The second kappa shape index (κ2) is 8.70. The third kappa shape index (κ3) is 4.20. The lowest BCUT2D eigenvalue weighted by molar-refractivity contribution is -0.117. The topological polar surface area (TPSA) is 67.9 Å². The molecule has 0 spiro atoms. The van der Waals surface area contributed by atoms with Crippen LogP contribution in [0.5, 0.6) is 11.5 Å². The molecule has 0 fully saturated rings. The molecule has 2 amide bonds. The van der Waals surface area contributed by atoms with Gasteiger partial charge in [-0.15, -0.1) is 0 Å². The normalized spacial score (nSPS) is 15.5. The summed E-state index contributed by atoms with van der Waals surface area (Å²) < 4.78 is 10.6. The van der Waals surface area contributed by atoms with Crippen LogP contribution in [0.15, 0.2) is 66.7 Å². The number of rotatable bonds is 4. The Morgan fingerprint density at radius 2 is 1.68 bits per heavy atom. The Morgan fingerprint density at radius 1 is 1.00 bits per heavy atom. The van der Waals surface area contributed by atoms with Crippen LogP contribution in [0, 0.1) is 0 Å². The largest absolute Gasteiger partial charge is 0.497 e. The molecular weight excluding hydrogens is 416 g/mol. The van der Waals surface area contributed by atoms with Gasteiger partial charge in [0.1, 0.15) is 18.0 Å². The van der Waals surface area contributed by atoms with Crippen molar-refractivity contribution >= 4 is 29.1 Å². The highest BCUT2D eigenvalue weighted by Crippen LogP contribution is 2.38. The Labute approximate surface area is 185 Å². The Balaban J connectivity index is 1.88. The van der Waals surface area contributed by atoms with Crippen molar-refractivity contribution in [3.05, 3.63) is 88.4 Å². The predicted octanol–water partition coefficient (Wildman–Crippen LogP) is 4.54. The third-order valence-electron chi connectivity index (χ3n) is 5.18. The molecule has 4 rings (SSSR count). The minimum Gasteiger partial charge on any atom is -0.497 e. The van der Waals surface area contributed by atoms with Gasteiger partial charge in [-0.05, 0) is 35.9 Å². The van der Waals surface area contributed by atoms with E-state index in [0.29, 0.717) is 27.8 Å². The fourth-order valence-electron chi connectivity index (χ4n) is 3.76. The lowest BCUT2D eigenvalue weighted by Gasteiger charge is -2.31. The molecule has 0 radical (unpaired) electrons. The summed E-state index contributed by atoms with van der Waals surface area (Å²) in [5, 5.41) is 3.41. The summed E-state index contributed by atoms with van der Waals surface area (Å²) in [6, 6.07) is 19.3. The first-order chi connectivity index (χ1) is 15.0. The summed E-state index contributed by atoms with van der Waals surface area (Å²) >= 11 is 6.29. The second-order valence-electron chi connectivity index (χ2n) is 7.13. The summed E-state index contributed by atoms with van der Waals surface area (Å²) in [6.07, 6.45) is 0. The highest BCUT2D eigenvalue weighted by molar-refractivity contribution is 6.30. The first kappa shape index (κ1) is 20.8. The molecule has 0 aliphatic carbocycles. The minimum atomic E-state index is -0.515. The van der Waals surface area contributed by atoms with E-state index >= 15 is 0 Å². The van der Waals surface area contributed by atoms with Crippen LogP contribution < -0.4 is 14.8 Å². The summed E-state index contributed by atoms with van der Waals surface area (Å²) in [6.45, 7) is -0.121. The van der Waals surface area contributed by atoms with E-state index in [-0.39, 0.29) is 18.4 Å². The number of nitrogens with zero attached hydrogens (tertiary/aromatic N) is 1. The minimum absolute atomic E-state index is 0.121. The number of amides is 2. The fourth-order valence-corrected chi connectivity index (χ4v) is 3.94. The first-order valence-electron chi connectivity index (χ1n) is 9.68. The molecule has 0 saturated carbocycles. The maximum atomic E-state index is 13.7. The molecule has 3 aromatic carbocycles. The van der Waals surface area contributed by atoms with Crippen LogP contribution in [-0.4, -0.2) is 37.5 Å². The standard InChI is InChI=1S/C24H21ClN2O4/c1-30-18-10-16(11-19(13-18)31-2)24(29)27-14-22(28)26-21-9-8-17(25)12-20(21)23(27)15-6-4-3-5-7-15/h3-13,23H,14H2,1-2H3,(H,26,28)/t23-/m0/s1. The molecule has 1 aliphatic heterocycles. The van der Waals surface area contributed by atoms with E-state index in [2.05, 4.69) is 5.32 Å². The lowest BCUT2D eigenvalue weighted by Crippen LogP contribution is -2.39. The van der Waals surface area contributed by atoms with E-state index < -0.39 is 6.04 Å². The van der Waals surface area contributed by atoms with Crippen LogP contribution >= 0.6 is 11.6 Å². The number of methoxy groups -OCH3 is 2. The molecule has 31 heavy (non-hydrogen) atoms. The van der Waals surface area contributed by atoms with Crippen LogP contribution in [0.25, 0.3) is 0 Å². The molecule has 1 aliphatic rings. The second-order valence-corrected chi connectivity index (χ2v) is 7.56. The van der Waals surface area contributed by atoms with E-state index in [4.69, 9.17) is 21.1 Å². The van der Waals surface area contributed by atoms with E-state index in [1.807, 2.05) is 30.3 Å². The highest BCUT2D eigenvalue weighted by Gasteiger charge is 2.34. The van der Waals surface area contributed by atoms with Gasteiger partial charge in [0, 0.05) is 27.9 Å². The number of nitrogens with one attached hydrogen (secondary N) is 1. The van der Waals surface area contributed by atoms with Gasteiger partial charge in [0.15, 0.2) is 0 Å². The van der Waals surface area contributed by atoms with Crippen molar-refractivity contribution in [2.24, 2.45) is 0 Å². The van der Waals surface area contributed by atoms with Gasteiger partial charge in [0.05, 0.1) is 20.3 Å². The Hall–Kier alpha value is -3.51. The van der Waals surface area contributed by atoms with Gasteiger partial charge in [-0.1, -0.05) is 41.9 Å². The van der Waals surface area contributed by atoms with Gasteiger partial charge in [-0.3, -0.25) is 9.59 Å². The molecule has 1 heterocycles. The van der Waals surface area contributed by atoms with E-state index in [9.17, 15) is 9.59 Å². The van der Waals surface area contributed by atoms with Crippen LogP contribution in [0.4, 0.5) is 5.69 Å². The molecule has 3 aromatic rings. The third-order valence-corrected chi connectivity index (χ3v) is 5.42. The number of carbonyl (C=O) groups excluding carboxylic acids is 2. The molecule has 7 heteroatoms. The number of anilines is 1. The van der Waals surface area contributed by atoms with E-state index in [1.54, 1.807) is 41.3 Å². The van der Waals surface area contributed by atoms with E-state index in [1.165, 1.54) is 14.2 Å². The van der Waals surface area contributed by atoms with Gasteiger partial charge >= 0.3 is 0 Å². The van der Waals surface area contributed by atoms with Gasteiger partial charge < -0.3 is 19.7 Å². The SMILES string of the molecule is COc1cc(OC)cc(C(=O)N2CC(=O)Nc3ccc(Cl)cc3[C@@H]2c2ccccc2)c1. The lowest BCUT2D eigenvalue weighted by atomic mass is 9.95. The molecule has 0 unspecified atom stereocenters. The molecule has 6 nitrogen and oxygen atoms in total. The maximum absolute atomic E-state index is 13.7. The Kier molecular flexibility index (Phi) is 5.82. The monoisotopic (exact) mass is 436 g/mol. The molecule has 0 saturated heterocycles. The Bertz CT molecular complexity index is 1110. The Morgan fingerprint density at radius 3 is 2.32 bits per heavy atom. The average Bonchev–Trinajstić information content (AvgIpc) is 2.94. The number of fused-ring (bicyclic) bond motifs is 1. The summed E-state index contributed by atoms with van der Waals surface area (Å²) in [5.41, 5.74) is 2.59.